The molecule has 2 fully saturated rings. The molecule has 1 aromatic rings. The number of hydrogen-bond donors (Lipinski definition) is 2. The van der Waals surface area contributed by atoms with Crippen LogP contribution in [-0.2, 0) is 19.0 Å². The average molecular weight is 523 g/mol. The molecule has 1 aromatic carbocycles. The van der Waals surface area contributed by atoms with Gasteiger partial charge in [0.1, 0.15) is 18.5 Å². The molecule has 0 amide bonds. The summed E-state index contributed by atoms with van der Waals surface area (Å²) in [6, 6.07) is 7.22. The number of aliphatic hydroxyl groups excluding tert-OH is 2. The number of carbonyl (C=O) groups is 1. The summed E-state index contributed by atoms with van der Waals surface area (Å²) in [7, 11) is 1.39. The highest BCUT2D eigenvalue weighted by Gasteiger charge is 2.39. The first-order valence-corrected chi connectivity index (χ1v) is 13.3. The Hall–Kier alpha value is -1.90. The maximum Gasteiger partial charge on any atom is 0.305 e. The van der Waals surface area contributed by atoms with Crippen LogP contribution < -0.4 is 4.74 Å². The lowest BCUT2D eigenvalue weighted by Crippen LogP contribution is -2.31. The van der Waals surface area contributed by atoms with Crippen LogP contribution in [0, 0.1) is 11.8 Å². The van der Waals surface area contributed by atoms with E-state index in [9.17, 15) is 15.0 Å². The van der Waals surface area contributed by atoms with Crippen LogP contribution in [0.3, 0.4) is 0 Å². The van der Waals surface area contributed by atoms with Crippen LogP contribution in [0.25, 0.3) is 0 Å². The maximum absolute atomic E-state index is 11.2. The van der Waals surface area contributed by atoms with E-state index in [4.69, 9.17) is 25.8 Å². The highest BCUT2D eigenvalue weighted by molar-refractivity contribution is 6.30. The predicted octanol–water partition coefficient (Wildman–Crippen LogP) is 4.83. The monoisotopic (exact) mass is 522 g/mol. The quantitative estimate of drug-likeness (QED) is 0.217. The van der Waals surface area contributed by atoms with Gasteiger partial charge in [-0.25, -0.2) is 0 Å². The lowest BCUT2D eigenvalue weighted by molar-refractivity contribution is -0.182. The molecule has 0 radical (unpaired) electrons. The van der Waals surface area contributed by atoms with Crippen LogP contribution in [0.2, 0.25) is 5.02 Å². The van der Waals surface area contributed by atoms with Gasteiger partial charge in [-0.3, -0.25) is 4.79 Å². The molecule has 0 aromatic heterocycles. The SMILES string of the molecule is COC(=O)CCCC=CC[C@@H]1[C@@H](C=C[C@H](COc2cccc(Cl)c2)OC2CCCCO2)[C@H](O)C[C@@H]1O. The Labute approximate surface area is 219 Å². The van der Waals surface area contributed by atoms with Gasteiger partial charge in [-0.05, 0) is 62.6 Å². The van der Waals surface area contributed by atoms with Crippen LogP contribution in [-0.4, -0.2) is 61.1 Å². The molecule has 7 nitrogen and oxygen atoms in total. The lowest BCUT2D eigenvalue weighted by Gasteiger charge is -2.27. The molecular weight excluding hydrogens is 484 g/mol. The zero-order valence-electron chi connectivity index (χ0n) is 21.0. The zero-order valence-corrected chi connectivity index (χ0v) is 21.7. The number of methoxy groups -OCH3 is 1. The fourth-order valence-corrected chi connectivity index (χ4v) is 4.87. The minimum Gasteiger partial charge on any atom is -0.490 e. The number of benzene rings is 1. The van der Waals surface area contributed by atoms with Crippen LogP contribution in [0.1, 0.15) is 51.4 Å². The second-order valence-corrected chi connectivity index (χ2v) is 9.85. The molecular formula is C28H39ClO7. The Morgan fingerprint density at radius 2 is 2.11 bits per heavy atom. The average Bonchev–Trinajstić information content (AvgIpc) is 3.15. The summed E-state index contributed by atoms with van der Waals surface area (Å²) >= 11 is 6.08. The van der Waals surface area contributed by atoms with Crippen LogP contribution in [0.5, 0.6) is 5.75 Å². The molecule has 3 rings (SSSR count). The van der Waals surface area contributed by atoms with Gasteiger partial charge in [0.25, 0.3) is 0 Å². The van der Waals surface area contributed by atoms with E-state index in [0.717, 1.165) is 32.1 Å². The number of unbranched alkanes of at least 4 members (excludes halogenated alkanes) is 1. The zero-order chi connectivity index (χ0) is 25.8. The lowest BCUT2D eigenvalue weighted by atomic mass is 9.89. The third-order valence-corrected chi connectivity index (χ3v) is 6.93. The van der Waals surface area contributed by atoms with Crippen LogP contribution in [0.15, 0.2) is 48.6 Å². The molecule has 8 heteroatoms. The van der Waals surface area contributed by atoms with Crippen LogP contribution in [0.4, 0.5) is 0 Å². The standard InChI is InChI=1S/C28H39ClO7/c1-33-27(32)12-5-3-2-4-11-23-24(26(31)18-25(23)30)15-14-22(36-28-13-6-7-16-34-28)19-35-21-10-8-9-20(29)17-21/h2,4,8-10,14-15,17,22-26,28,30-31H,3,5-7,11-13,16,18-19H2,1H3/t22-,23-,24-,25+,26-,28?/m1/s1. The van der Waals surface area contributed by atoms with Crippen molar-refractivity contribution in [3.63, 3.8) is 0 Å². The van der Waals surface area contributed by atoms with Crippen molar-refractivity contribution in [3.8, 4) is 5.75 Å². The number of ether oxygens (including phenoxy) is 4. The molecule has 1 saturated carbocycles. The van der Waals surface area contributed by atoms with E-state index in [1.165, 1.54) is 7.11 Å². The van der Waals surface area contributed by atoms with E-state index in [2.05, 4.69) is 4.74 Å². The highest BCUT2D eigenvalue weighted by Crippen LogP contribution is 2.36. The molecule has 2 N–H and O–H groups in total. The first-order valence-electron chi connectivity index (χ1n) is 12.9. The Morgan fingerprint density at radius 1 is 1.25 bits per heavy atom. The Bertz CT molecular complexity index is 852. The summed E-state index contributed by atoms with van der Waals surface area (Å²) in [6.45, 7) is 0.949. The van der Waals surface area contributed by atoms with Crippen molar-refractivity contribution in [1.82, 2.24) is 0 Å². The fraction of sp³-hybridized carbons (Fsp3) is 0.607. The van der Waals surface area contributed by atoms with Gasteiger partial charge in [0, 0.05) is 30.4 Å². The maximum atomic E-state index is 11.2. The van der Waals surface area contributed by atoms with Crippen molar-refractivity contribution in [2.24, 2.45) is 11.8 Å². The fourth-order valence-electron chi connectivity index (χ4n) is 4.68. The normalized spacial score (nSPS) is 27.5. The molecule has 1 aliphatic carbocycles. The van der Waals surface area contributed by atoms with Gasteiger partial charge in [0.05, 0.1) is 19.3 Å². The van der Waals surface area contributed by atoms with Crippen molar-refractivity contribution >= 4 is 17.6 Å². The summed E-state index contributed by atoms with van der Waals surface area (Å²) in [5.74, 6) is 0.135. The molecule has 36 heavy (non-hydrogen) atoms. The minimum absolute atomic E-state index is 0.103. The van der Waals surface area contributed by atoms with E-state index in [1.807, 2.05) is 36.4 Å². The molecule has 1 heterocycles. The van der Waals surface area contributed by atoms with E-state index in [1.54, 1.807) is 12.1 Å². The minimum atomic E-state index is -0.630. The van der Waals surface area contributed by atoms with Crippen molar-refractivity contribution < 1.29 is 34.0 Å². The summed E-state index contributed by atoms with van der Waals surface area (Å²) < 4.78 is 22.5. The first-order chi connectivity index (χ1) is 17.5. The van der Waals surface area contributed by atoms with Crippen molar-refractivity contribution in [2.75, 3.05) is 20.3 Å². The number of aliphatic hydroxyl groups is 2. The van der Waals surface area contributed by atoms with Crippen molar-refractivity contribution in [2.45, 2.75) is 76.0 Å². The summed E-state index contributed by atoms with van der Waals surface area (Å²) in [4.78, 5) is 11.2. The van der Waals surface area contributed by atoms with Gasteiger partial charge in [-0.1, -0.05) is 42.0 Å². The molecule has 1 unspecified atom stereocenters. The third-order valence-electron chi connectivity index (χ3n) is 6.69. The second-order valence-electron chi connectivity index (χ2n) is 9.41. The van der Waals surface area contributed by atoms with Gasteiger partial charge in [-0.2, -0.15) is 0 Å². The topological polar surface area (TPSA) is 94.5 Å². The van der Waals surface area contributed by atoms with Gasteiger partial charge >= 0.3 is 5.97 Å². The molecule has 1 saturated heterocycles. The molecule has 0 spiro atoms. The predicted molar refractivity (Wildman–Crippen MR) is 138 cm³/mol. The van der Waals surface area contributed by atoms with Gasteiger partial charge in [0.15, 0.2) is 6.29 Å². The van der Waals surface area contributed by atoms with Crippen molar-refractivity contribution in [1.29, 1.82) is 0 Å². The number of halogens is 1. The molecule has 6 atom stereocenters. The number of hydrogen-bond acceptors (Lipinski definition) is 7. The van der Waals surface area contributed by atoms with E-state index >= 15 is 0 Å². The van der Waals surface area contributed by atoms with Gasteiger partial charge < -0.3 is 29.2 Å². The largest absolute Gasteiger partial charge is 0.490 e. The summed E-state index contributed by atoms with van der Waals surface area (Å²) in [6.07, 6.45) is 11.8. The van der Waals surface area contributed by atoms with E-state index < -0.39 is 12.2 Å². The molecule has 1 aliphatic heterocycles. The molecule has 2 aliphatic rings. The van der Waals surface area contributed by atoms with Gasteiger partial charge in [0.2, 0.25) is 0 Å². The molecule has 0 bridgehead atoms. The Kier molecular flexibility index (Phi) is 12.2. The Balaban J connectivity index is 1.60. The van der Waals surface area contributed by atoms with E-state index in [0.29, 0.717) is 36.6 Å². The molecule has 200 valence electrons. The Morgan fingerprint density at radius 3 is 2.86 bits per heavy atom. The van der Waals surface area contributed by atoms with Crippen LogP contribution >= 0.6 is 11.6 Å². The van der Waals surface area contributed by atoms with Crippen molar-refractivity contribution in [3.05, 3.63) is 53.6 Å². The van der Waals surface area contributed by atoms with Gasteiger partial charge in [-0.15, -0.1) is 0 Å². The third kappa shape index (κ3) is 9.52. The summed E-state index contributed by atoms with van der Waals surface area (Å²) in [5, 5.41) is 21.8. The smallest absolute Gasteiger partial charge is 0.305 e. The first kappa shape index (κ1) is 28.7. The number of esters is 1. The van der Waals surface area contributed by atoms with E-state index in [-0.39, 0.29) is 36.8 Å². The number of rotatable bonds is 13. The number of carbonyl (C=O) groups excluding carboxylic acids is 1. The summed E-state index contributed by atoms with van der Waals surface area (Å²) in [5.41, 5.74) is 0. The highest BCUT2D eigenvalue weighted by atomic mass is 35.5. The number of allylic oxidation sites excluding steroid dienone is 2. The second kappa shape index (κ2) is 15.4.